The monoisotopic (exact) mass is 782 g/mol. The number of hydrogen-bond donors (Lipinski definition) is 0. The van der Waals surface area contributed by atoms with Crippen molar-refractivity contribution in [1.82, 2.24) is 0 Å². The van der Waals surface area contributed by atoms with E-state index in [2.05, 4.69) is 13.2 Å². The van der Waals surface area contributed by atoms with Gasteiger partial charge in [-0.05, 0) is 139 Å². The lowest BCUT2D eigenvalue weighted by Gasteiger charge is -2.36. The van der Waals surface area contributed by atoms with E-state index in [0.29, 0.717) is 81.3 Å². The Kier molecular flexibility index (Phi) is 21.0. The minimum Gasteiger partial charge on any atom is -0.465 e. The smallest absolute Gasteiger partial charge is 0.330 e. The fourth-order valence-electron chi connectivity index (χ4n) is 7.64. The molecule has 1 aromatic rings. The van der Waals surface area contributed by atoms with Crippen molar-refractivity contribution in [2.75, 3.05) is 26.4 Å². The SMILES string of the molecule is C=CC(=O)OCCCCOC(=O)C1CCC(C(=O)Oc2ccc(OC(=O)C3CCC(C4CCC(C(=O)OCCCCOC(=O)C=C)CC4)CC3)cc2)CC1.CC. The summed E-state index contributed by atoms with van der Waals surface area (Å²) in [6, 6.07) is 6.50. The van der Waals surface area contributed by atoms with Gasteiger partial charge in [0, 0.05) is 12.2 Å². The van der Waals surface area contributed by atoms with Crippen LogP contribution < -0.4 is 9.47 Å². The van der Waals surface area contributed by atoms with Crippen molar-refractivity contribution >= 4 is 35.8 Å². The number of hydrogen-bond acceptors (Lipinski definition) is 12. The van der Waals surface area contributed by atoms with E-state index in [-0.39, 0.29) is 67.4 Å². The van der Waals surface area contributed by atoms with E-state index in [9.17, 15) is 28.8 Å². The molecule has 12 heteroatoms. The molecule has 1 aromatic carbocycles. The first-order valence-corrected chi connectivity index (χ1v) is 20.6. The summed E-state index contributed by atoms with van der Waals surface area (Å²) in [6.07, 6.45) is 14.0. The van der Waals surface area contributed by atoms with Crippen molar-refractivity contribution < 1.29 is 57.2 Å². The summed E-state index contributed by atoms with van der Waals surface area (Å²) in [4.78, 5) is 72.9. The van der Waals surface area contributed by atoms with Crippen LogP contribution in [0.5, 0.6) is 11.5 Å². The van der Waals surface area contributed by atoms with Gasteiger partial charge in [-0.1, -0.05) is 27.0 Å². The first-order chi connectivity index (χ1) is 27.2. The second kappa shape index (κ2) is 25.6. The quantitative estimate of drug-likeness (QED) is 0.0438. The van der Waals surface area contributed by atoms with Gasteiger partial charge in [0.15, 0.2) is 0 Å². The Bertz CT molecular complexity index is 1410. The summed E-state index contributed by atoms with van der Waals surface area (Å²) in [7, 11) is 0. The van der Waals surface area contributed by atoms with E-state index in [4.69, 9.17) is 28.4 Å². The molecule has 0 atom stereocenters. The van der Waals surface area contributed by atoms with Crippen LogP contribution in [-0.4, -0.2) is 62.2 Å². The molecule has 0 bridgehead atoms. The van der Waals surface area contributed by atoms with Crippen molar-refractivity contribution in [3.8, 4) is 11.5 Å². The standard InChI is InChI=1S/C42H56O12.C2H6/c1-3-37(43)49-25-5-7-27-51-39(45)31-13-9-29(10-14-31)30-11-15-33(16-12-30)41(47)53-35-21-23-36(24-22-35)54-42(48)34-19-17-32(18-20-34)40(46)52-28-8-6-26-50-38(44)4-2;1-2/h3-4,21-24,29-34H,1-2,5-20,25-28H2;1-2H3. The van der Waals surface area contributed by atoms with Crippen LogP contribution >= 0.6 is 0 Å². The average Bonchev–Trinajstić information content (AvgIpc) is 3.24. The Hall–Kier alpha value is -4.48. The number of ether oxygens (including phenoxy) is 6. The predicted octanol–water partition coefficient (Wildman–Crippen LogP) is 8.05. The Morgan fingerprint density at radius 3 is 1.04 bits per heavy atom. The third-order valence-corrected chi connectivity index (χ3v) is 10.9. The fourth-order valence-corrected chi connectivity index (χ4v) is 7.64. The zero-order valence-electron chi connectivity index (χ0n) is 33.4. The van der Waals surface area contributed by atoms with Crippen LogP contribution in [0.25, 0.3) is 0 Å². The van der Waals surface area contributed by atoms with Crippen LogP contribution in [0.15, 0.2) is 49.6 Å². The summed E-state index contributed by atoms with van der Waals surface area (Å²) in [5, 5.41) is 0. The number of esters is 6. The van der Waals surface area contributed by atoms with Crippen molar-refractivity contribution in [1.29, 1.82) is 0 Å². The number of benzene rings is 1. The third kappa shape index (κ3) is 15.9. The van der Waals surface area contributed by atoms with Gasteiger partial charge in [-0.15, -0.1) is 0 Å². The van der Waals surface area contributed by atoms with Crippen molar-refractivity contribution in [2.24, 2.45) is 35.5 Å². The third-order valence-electron chi connectivity index (χ3n) is 10.9. The average molecular weight is 783 g/mol. The number of carbonyl (C=O) groups is 6. The minimum atomic E-state index is -0.475. The van der Waals surface area contributed by atoms with Crippen LogP contribution in [0.2, 0.25) is 0 Å². The van der Waals surface area contributed by atoms with Crippen molar-refractivity contribution in [3.05, 3.63) is 49.6 Å². The Morgan fingerprint density at radius 2 is 0.732 bits per heavy atom. The molecule has 0 N–H and O–H groups in total. The Balaban J connectivity index is 0.00000414. The molecule has 3 fully saturated rings. The molecule has 56 heavy (non-hydrogen) atoms. The Labute approximate surface area is 332 Å². The molecule has 0 saturated heterocycles. The highest BCUT2D eigenvalue weighted by Crippen LogP contribution is 2.42. The molecule has 310 valence electrons. The first-order valence-electron chi connectivity index (χ1n) is 20.6. The highest BCUT2D eigenvalue weighted by atomic mass is 16.6. The second-order valence-corrected chi connectivity index (χ2v) is 14.6. The number of unbranched alkanes of at least 4 members (excludes halogenated alkanes) is 2. The van der Waals surface area contributed by atoms with Crippen LogP contribution in [0.1, 0.15) is 117 Å². The maximum Gasteiger partial charge on any atom is 0.330 e. The van der Waals surface area contributed by atoms with Crippen LogP contribution in [-0.2, 0) is 47.7 Å². The maximum atomic E-state index is 13.0. The molecule has 0 aliphatic heterocycles. The zero-order chi connectivity index (χ0) is 40.7. The van der Waals surface area contributed by atoms with E-state index >= 15 is 0 Å². The van der Waals surface area contributed by atoms with Gasteiger partial charge in [-0.3, -0.25) is 19.2 Å². The predicted molar refractivity (Wildman–Crippen MR) is 208 cm³/mol. The summed E-state index contributed by atoms with van der Waals surface area (Å²) < 4.78 is 32.0. The normalized spacial score (nSPS) is 23.1. The summed E-state index contributed by atoms with van der Waals surface area (Å²) in [6.45, 7) is 11.8. The molecule has 3 aliphatic rings. The van der Waals surface area contributed by atoms with E-state index in [0.717, 1.165) is 63.5 Å². The lowest BCUT2D eigenvalue weighted by molar-refractivity contribution is -0.152. The molecule has 0 heterocycles. The zero-order valence-corrected chi connectivity index (χ0v) is 33.4. The molecule has 0 aromatic heterocycles. The molecular weight excluding hydrogens is 720 g/mol. The second-order valence-electron chi connectivity index (χ2n) is 14.6. The first kappa shape index (κ1) is 45.9. The van der Waals surface area contributed by atoms with Crippen LogP contribution in [0.3, 0.4) is 0 Å². The maximum absolute atomic E-state index is 13.0. The van der Waals surface area contributed by atoms with Gasteiger partial charge in [0.25, 0.3) is 0 Å². The van der Waals surface area contributed by atoms with E-state index in [1.165, 1.54) is 0 Å². The number of carbonyl (C=O) groups excluding carboxylic acids is 6. The van der Waals surface area contributed by atoms with Gasteiger partial charge < -0.3 is 28.4 Å². The molecule has 12 nitrogen and oxygen atoms in total. The van der Waals surface area contributed by atoms with Gasteiger partial charge in [0.1, 0.15) is 11.5 Å². The topological polar surface area (TPSA) is 158 Å². The summed E-state index contributed by atoms with van der Waals surface area (Å²) in [5.74, 6) is -0.829. The largest absolute Gasteiger partial charge is 0.465 e. The van der Waals surface area contributed by atoms with E-state index in [1.807, 2.05) is 13.8 Å². The van der Waals surface area contributed by atoms with E-state index in [1.54, 1.807) is 24.3 Å². The molecule has 0 spiro atoms. The lowest BCUT2D eigenvalue weighted by atomic mass is 9.69. The van der Waals surface area contributed by atoms with Crippen molar-refractivity contribution in [3.63, 3.8) is 0 Å². The highest BCUT2D eigenvalue weighted by Gasteiger charge is 2.36. The highest BCUT2D eigenvalue weighted by molar-refractivity contribution is 5.81. The van der Waals surface area contributed by atoms with Crippen LogP contribution in [0.4, 0.5) is 0 Å². The molecule has 0 amide bonds. The molecule has 4 rings (SSSR count). The molecule has 3 aliphatic carbocycles. The summed E-state index contributed by atoms with van der Waals surface area (Å²) >= 11 is 0. The fraction of sp³-hybridized carbons (Fsp3) is 0.636. The molecular formula is C44H62O12. The van der Waals surface area contributed by atoms with Gasteiger partial charge in [0.2, 0.25) is 0 Å². The van der Waals surface area contributed by atoms with Gasteiger partial charge >= 0.3 is 35.8 Å². The molecule has 0 unspecified atom stereocenters. The summed E-state index contributed by atoms with van der Waals surface area (Å²) in [5.41, 5.74) is 0. The molecule has 3 saturated carbocycles. The van der Waals surface area contributed by atoms with Crippen LogP contribution in [0, 0.1) is 35.5 Å². The molecule has 0 radical (unpaired) electrons. The van der Waals surface area contributed by atoms with Gasteiger partial charge in [-0.2, -0.15) is 0 Å². The minimum absolute atomic E-state index is 0.0644. The van der Waals surface area contributed by atoms with Gasteiger partial charge in [0.05, 0.1) is 50.1 Å². The Morgan fingerprint density at radius 1 is 0.464 bits per heavy atom. The lowest BCUT2D eigenvalue weighted by Crippen LogP contribution is -2.31. The van der Waals surface area contributed by atoms with Crippen molar-refractivity contribution in [2.45, 2.75) is 117 Å². The van der Waals surface area contributed by atoms with E-state index < -0.39 is 11.9 Å². The van der Waals surface area contributed by atoms with Gasteiger partial charge in [-0.25, -0.2) is 9.59 Å². The number of rotatable bonds is 19.